The van der Waals surface area contributed by atoms with E-state index >= 15 is 0 Å². The SMILES string of the molecule is C/C=C/c1ccc(O)c(O)c1. The van der Waals surface area contributed by atoms with Gasteiger partial charge in [-0.3, -0.25) is 0 Å². The lowest BCUT2D eigenvalue weighted by molar-refractivity contribution is 0.403. The molecule has 11 heavy (non-hydrogen) atoms. The summed E-state index contributed by atoms with van der Waals surface area (Å²) in [6.07, 6.45) is 3.71. The Morgan fingerprint density at radius 2 is 1.91 bits per heavy atom. The van der Waals surface area contributed by atoms with Crippen molar-refractivity contribution >= 4 is 6.08 Å². The zero-order valence-corrected chi connectivity index (χ0v) is 6.28. The van der Waals surface area contributed by atoms with Gasteiger partial charge in [-0.2, -0.15) is 0 Å². The minimum absolute atomic E-state index is 0.0828. The van der Waals surface area contributed by atoms with Crippen LogP contribution in [0.2, 0.25) is 0 Å². The third-order valence-corrected chi connectivity index (χ3v) is 1.36. The van der Waals surface area contributed by atoms with E-state index in [1.807, 2.05) is 19.1 Å². The van der Waals surface area contributed by atoms with E-state index in [1.54, 1.807) is 6.07 Å². The zero-order valence-electron chi connectivity index (χ0n) is 6.28. The average molecular weight is 150 g/mol. The van der Waals surface area contributed by atoms with E-state index in [0.29, 0.717) is 0 Å². The third-order valence-electron chi connectivity index (χ3n) is 1.36. The first-order chi connectivity index (χ1) is 5.24. The summed E-state index contributed by atoms with van der Waals surface area (Å²) in [5.74, 6) is -0.168. The van der Waals surface area contributed by atoms with E-state index in [1.165, 1.54) is 12.1 Å². The van der Waals surface area contributed by atoms with Crippen LogP contribution in [-0.2, 0) is 0 Å². The molecule has 2 nitrogen and oxygen atoms in total. The highest BCUT2D eigenvalue weighted by atomic mass is 16.3. The maximum absolute atomic E-state index is 9.04. The van der Waals surface area contributed by atoms with Gasteiger partial charge in [-0.25, -0.2) is 0 Å². The lowest BCUT2D eigenvalue weighted by Gasteiger charge is -1.97. The minimum atomic E-state index is -0.0850. The van der Waals surface area contributed by atoms with Gasteiger partial charge in [0.15, 0.2) is 11.5 Å². The largest absolute Gasteiger partial charge is 0.504 e. The predicted molar refractivity (Wildman–Crippen MR) is 44.5 cm³/mol. The van der Waals surface area contributed by atoms with E-state index in [2.05, 4.69) is 0 Å². The van der Waals surface area contributed by atoms with Crippen LogP contribution in [0.3, 0.4) is 0 Å². The fourth-order valence-corrected chi connectivity index (χ4v) is 0.837. The molecule has 0 spiro atoms. The first-order valence-electron chi connectivity index (χ1n) is 3.38. The summed E-state index contributed by atoms with van der Waals surface area (Å²) in [5, 5.41) is 18.0. The van der Waals surface area contributed by atoms with Gasteiger partial charge in [0.1, 0.15) is 0 Å². The number of phenolic OH excluding ortho intramolecular Hbond substituents is 2. The summed E-state index contributed by atoms with van der Waals surface area (Å²) < 4.78 is 0. The van der Waals surface area contributed by atoms with Crippen molar-refractivity contribution in [3.05, 3.63) is 29.8 Å². The maximum Gasteiger partial charge on any atom is 0.157 e. The summed E-state index contributed by atoms with van der Waals surface area (Å²) in [4.78, 5) is 0. The molecule has 1 aromatic carbocycles. The van der Waals surface area contributed by atoms with Crippen molar-refractivity contribution < 1.29 is 10.2 Å². The Bertz CT molecular complexity index is 277. The Morgan fingerprint density at radius 1 is 1.18 bits per heavy atom. The van der Waals surface area contributed by atoms with Crippen LogP contribution in [-0.4, -0.2) is 10.2 Å². The van der Waals surface area contributed by atoms with Crippen LogP contribution in [0.4, 0.5) is 0 Å². The summed E-state index contributed by atoms with van der Waals surface area (Å²) in [7, 11) is 0. The molecule has 0 heterocycles. The van der Waals surface area contributed by atoms with Crippen molar-refractivity contribution in [3.63, 3.8) is 0 Å². The molecule has 0 saturated heterocycles. The average Bonchev–Trinajstić information content (AvgIpc) is 1.98. The minimum Gasteiger partial charge on any atom is -0.504 e. The standard InChI is InChI=1S/C9H10O2/c1-2-3-7-4-5-8(10)9(11)6-7/h2-6,10-11H,1H3/b3-2+. The van der Waals surface area contributed by atoms with Gasteiger partial charge in [-0.1, -0.05) is 18.2 Å². The molecule has 0 aliphatic rings. The zero-order chi connectivity index (χ0) is 8.27. The summed E-state index contributed by atoms with van der Waals surface area (Å²) >= 11 is 0. The van der Waals surface area contributed by atoms with Crippen LogP contribution in [0.1, 0.15) is 12.5 Å². The van der Waals surface area contributed by atoms with Crippen molar-refractivity contribution in [1.82, 2.24) is 0 Å². The van der Waals surface area contributed by atoms with Gasteiger partial charge >= 0.3 is 0 Å². The Balaban J connectivity index is 3.05. The molecule has 0 amide bonds. The molecule has 0 aliphatic carbocycles. The molecule has 1 aromatic rings. The van der Waals surface area contributed by atoms with Crippen LogP contribution in [0.15, 0.2) is 24.3 Å². The summed E-state index contributed by atoms with van der Waals surface area (Å²) in [5.41, 5.74) is 0.878. The van der Waals surface area contributed by atoms with Crippen molar-refractivity contribution in [3.8, 4) is 11.5 Å². The normalized spacial score (nSPS) is 10.6. The Morgan fingerprint density at radius 3 is 2.45 bits per heavy atom. The molecule has 0 fully saturated rings. The van der Waals surface area contributed by atoms with Gasteiger partial charge in [0.05, 0.1) is 0 Å². The molecule has 2 N–H and O–H groups in total. The quantitative estimate of drug-likeness (QED) is 0.602. The van der Waals surface area contributed by atoms with Crippen molar-refractivity contribution in [2.45, 2.75) is 6.92 Å². The number of rotatable bonds is 1. The monoisotopic (exact) mass is 150 g/mol. The molecule has 0 saturated carbocycles. The highest BCUT2D eigenvalue weighted by Crippen LogP contribution is 2.25. The van der Waals surface area contributed by atoms with Crippen LogP contribution in [0.5, 0.6) is 11.5 Å². The first-order valence-corrected chi connectivity index (χ1v) is 3.38. The molecule has 0 radical (unpaired) electrons. The van der Waals surface area contributed by atoms with E-state index in [0.717, 1.165) is 5.56 Å². The second-order valence-electron chi connectivity index (χ2n) is 2.25. The molecule has 58 valence electrons. The van der Waals surface area contributed by atoms with Gasteiger partial charge < -0.3 is 10.2 Å². The molecule has 0 unspecified atom stereocenters. The first kappa shape index (κ1) is 7.66. The molecule has 0 aliphatic heterocycles. The number of phenols is 2. The number of allylic oxidation sites excluding steroid dienone is 1. The fourth-order valence-electron chi connectivity index (χ4n) is 0.837. The number of hydrogen-bond acceptors (Lipinski definition) is 2. The predicted octanol–water partition coefficient (Wildman–Crippen LogP) is 2.13. The van der Waals surface area contributed by atoms with E-state index in [4.69, 9.17) is 10.2 Å². The van der Waals surface area contributed by atoms with Crippen molar-refractivity contribution in [2.24, 2.45) is 0 Å². The van der Waals surface area contributed by atoms with Gasteiger partial charge in [-0.15, -0.1) is 0 Å². The van der Waals surface area contributed by atoms with E-state index in [9.17, 15) is 0 Å². The maximum atomic E-state index is 9.04. The van der Waals surface area contributed by atoms with E-state index < -0.39 is 0 Å². The number of benzene rings is 1. The third kappa shape index (κ3) is 1.74. The summed E-state index contributed by atoms with van der Waals surface area (Å²) in [6, 6.07) is 4.70. The van der Waals surface area contributed by atoms with Crippen molar-refractivity contribution in [2.75, 3.05) is 0 Å². The number of aromatic hydroxyl groups is 2. The lowest BCUT2D eigenvalue weighted by atomic mass is 10.2. The molecule has 0 aromatic heterocycles. The second-order valence-corrected chi connectivity index (χ2v) is 2.25. The molecule has 1 rings (SSSR count). The fraction of sp³-hybridized carbons (Fsp3) is 0.111. The molecular weight excluding hydrogens is 140 g/mol. The topological polar surface area (TPSA) is 40.5 Å². The lowest BCUT2D eigenvalue weighted by Crippen LogP contribution is -1.72. The van der Waals surface area contributed by atoms with E-state index in [-0.39, 0.29) is 11.5 Å². The second kappa shape index (κ2) is 3.10. The smallest absolute Gasteiger partial charge is 0.157 e. The Kier molecular flexibility index (Phi) is 2.16. The molecule has 0 bridgehead atoms. The van der Waals surface area contributed by atoms with Crippen molar-refractivity contribution in [1.29, 1.82) is 0 Å². The highest BCUT2D eigenvalue weighted by Gasteiger charge is 1.96. The Hall–Kier alpha value is -1.44. The van der Waals surface area contributed by atoms with Crippen LogP contribution in [0, 0.1) is 0 Å². The van der Waals surface area contributed by atoms with Gasteiger partial charge in [0, 0.05) is 0 Å². The molecular formula is C9H10O2. The van der Waals surface area contributed by atoms with Gasteiger partial charge in [-0.05, 0) is 24.6 Å². The number of hydrogen-bond donors (Lipinski definition) is 2. The summed E-state index contributed by atoms with van der Waals surface area (Å²) in [6.45, 7) is 1.89. The Labute approximate surface area is 65.4 Å². The molecule has 0 atom stereocenters. The van der Waals surface area contributed by atoms with Crippen LogP contribution < -0.4 is 0 Å². The van der Waals surface area contributed by atoms with Gasteiger partial charge in [0.2, 0.25) is 0 Å². The molecule has 2 heteroatoms. The van der Waals surface area contributed by atoms with Crippen LogP contribution in [0.25, 0.3) is 6.08 Å². The van der Waals surface area contributed by atoms with Crippen LogP contribution >= 0.6 is 0 Å². The van der Waals surface area contributed by atoms with Gasteiger partial charge in [0.25, 0.3) is 0 Å². The highest BCUT2D eigenvalue weighted by molar-refractivity contribution is 5.54.